The van der Waals surface area contributed by atoms with Gasteiger partial charge < -0.3 is 10.3 Å². The molecule has 1 aromatic carbocycles. The Labute approximate surface area is 95.6 Å². The first-order chi connectivity index (χ1) is 7.19. The molecule has 0 radical (unpaired) electrons. The molecule has 2 rings (SSSR count). The molecule has 0 fully saturated rings. The van der Waals surface area contributed by atoms with Gasteiger partial charge in [-0.3, -0.25) is 0 Å². The van der Waals surface area contributed by atoms with Crippen molar-refractivity contribution in [1.82, 2.24) is 10.1 Å². The fourth-order valence-corrected chi connectivity index (χ4v) is 1.76. The van der Waals surface area contributed by atoms with Crippen LogP contribution in [0.1, 0.15) is 12.7 Å². The van der Waals surface area contributed by atoms with Crippen molar-refractivity contribution in [3.05, 3.63) is 28.5 Å². The first-order valence-corrected chi connectivity index (χ1v) is 5.37. The maximum Gasteiger partial charge on any atom is 0.258 e. The average molecular weight is 268 g/mol. The van der Waals surface area contributed by atoms with Gasteiger partial charge >= 0.3 is 0 Å². The molecule has 0 spiro atoms. The summed E-state index contributed by atoms with van der Waals surface area (Å²) in [6.07, 6.45) is 0.757. The van der Waals surface area contributed by atoms with E-state index in [2.05, 4.69) is 26.1 Å². The van der Waals surface area contributed by atoms with E-state index in [1.165, 1.54) is 0 Å². The number of hydrogen-bond donors (Lipinski definition) is 1. The Morgan fingerprint density at radius 3 is 2.80 bits per heavy atom. The highest BCUT2D eigenvalue weighted by atomic mass is 79.9. The van der Waals surface area contributed by atoms with Crippen LogP contribution in [-0.4, -0.2) is 10.1 Å². The van der Waals surface area contributed by atoms with E-state index in [1.807, 2.05) is 19.1 Å². The molecule has 0 unspecified atom stereocenters. The Bertz CT molecular complexity index is 461. The fourth-order valence-electron chi connectivity index (χ4n) is 1.25. The largest absolute Gasteiger partial charge is 0.399 e. The summed E-state index contributed by atoms with van der Waals surface area (Å²) in [5.41, 5.74) is 7.21. The minimum Gasteiger partial charge on any atom is -0.399 e. The molecule has 0 bridgehead atoms. The monoisotopic (exact) mass is 267 g/mol. The van der Waals surface area contributed by atoms with Crippen LogP contribution in [0.25, 0.3) is 11.5 Å². The van der Waals surface area contributed by atoms with Crippen LogP contribution >= 0.6 is 15.9 Å². The number of nitrogens with two attached hydrogens (primary N) is 1. The van der Waals surface area contributed by atoms with Crippen LogP contribution in [0, 0.1) is 0 Å². The fraction of sp³-hybridized carbons (Fsp3) is 0.200. The molecule has 0 aliphatic heterocycles. The van der Waals surface area contributed by atoms with Gasteiger partial charge in [-0.2, -0.15) is 4.98 Å². The molecule has 0 saturated heterocycles. The van der Waals surface area contributed by atoms with Crippen LogP contribution in [0.15, 0.2) is 27.2 Å². The maximum absolute atomic E-state index is 5.72. The predicted molar refractivity (Wildman–Crippen MR) is 61.2 cm³/mol. The van der Waals surface area contributed by atoms with Crippen LogP contribution in [0.2, 0.25) is 0 Å². The second-order valence-electron chi connectivity index (χ2n) is 3.14. The SMILES string of the molecule is CCc1noc(-c2cc(N)cc(Br)c2)n1. The number of nitrogens with zero attached hydrogens (tertiary/aromatic N) is 2. The third-order valence-corrected chi connectivity index (χ3v) is 2.41. The average Bonchev–Trinajstić information content (AvgIpc) is 2.64. The number of hydrogen-bond acceptors (Lipinski definition) is 4. The van der Waals surface area contributed by atoms with Gasteiger partial charge in [0.25, 0.3) is 5.89 Å². The normalized spacial score (nSPS) is 10.5. The standard InChI is InChI=1S/C10H10BrN3O/c1-2-9-13-10(15-14-9)6-3-7(11)5-8(12)4-6/h3-5H,2,12H2,1H3. The summed E-state index contributed by atoms with van der Waals surface area (Å²) < 4.78 is 6.01. The van der Waals surface area contributed by atoms with E-state index in [9.17, 15) is 0 Å². The predicted octanol–water partition coefficient (Wildman–Crippen LogP) is 2.64. The quantitative estimate of drug-likeness (QED) is 0.850. The van der Waals surface area contributed by atoms with Crippen molar-refractivity contribution in [1.29, 1.82) is 0 Å². The number of aromatic nitrogens is 2. The molecule has 78 valence electrons. The van der Waals surface area contributed by atoms with Crippen molar-refractivity contribution in [3.63, 3.8) is 0 Å². The van der Waals surface area contributed by atoms with Crippen LogP contribution in [0.5, 0.6) is 0 Å². The Morgan fingerprint density at radius 2 is 2.20 bits per heavy atom. The van der Waals surface area contributed by atoms with Crippen LogP contribution in [0.3, 0.4) is 0 Å². The summed E-state index contributed by atoms with van der Waals surface area (Å²) in [7, 11) is 0. The highest BCUT2D eigenvalue weighted by Crippen LogP contribution is 2.24. The molecule has 0 amide bonds. The van der Waals surface area contributed by atoms with E-state index >= 15 is 0 Å². The van der Waals surface area contributed by atoms with Crippen LogP contribution in [0.4, 0.5) is 5.69 Å². The van der Waals surface area contributed by atoms with Crippen molar-refractivity contribution in [2.45, 2.75) is 13.3 Å². The lowest BCUT2D eigenvalue weighted by Gasteiger charge is -1.98. The zero-order chi connectivity index (χ0) is 10.8. The van der Waals surface area contributed by atoms with E-state index in [-0.39, 0.29) is 0 Å². The summed E-state index contributed by atoms with van der Waals surface area (Å²) >= 11 is 3.36. The smallest absolute Gasteiger partial charge is 0.258 e. The molecule has 0 aliphatic carbocycles. The molecule has 4 nitrogen and oxygen atoms in total. The van der Waals surface area contributed by atoms with Gasteiger partial charge in [-0.15, -0.1) is 0 Å². The lowest BCUT2D eigenvalue weighted by molar-refractivity contribution is 0.423. The van der Waals surface area contributed by atoms with Gasteiger partial charge in [0.2, 0.25) is 0 Å². The number of halogens is 1. The first kappa shape index (κ1) is 10.2. The van der Waals surface area contributed by atoms with Gasteiger partial charge in [-0.05, 0) is 18.2 Å². The topological polar surface area (TPSA) is 64.9 Å². The first-order valence-electron chi connectivity index (χ1n) is 4.58. The molecule has 0 saturated carbocycles. The summed E-state index contributed by atoms with van der Waals surface area (Å²) in [4.78, 5) is 4.23. The van der Waals surface area contributed by atoms with Gasteiger partial charge in [0.15, 0.2) is 5.82 Å². The summed E-state index contributed by atoms with van der Waals surface area (Å²) in [5.74, 6) is 1.20. The number of nitrogen functional groups attached to an aromatic ring is 1. The summed E-state index contributed by atoms with van der Waals surface area (Å²) in [6, 6.07) is 5.52. The summed E-state index contributed by atoms with van der Waals surface area (Å²) in [5, 5.41) is 3.83. The Hall–Kier alpha value is -1.36. The van der Waals surface area contributed by atoms with Crippen molar-refractivity contribution >= 4 is 21.6 Å². The van der Waals surface area contributed by atoms with Gasteiger partial charge in [-0.1, -0.05) is 28.0 Å². The van der Waals surface area contributed by atoms with Gasteiger partial charge in [-0.25, -0.2) is 0 Å². The molecule has 1 heterocycles. The van der Waals surface area contributed by atoms with E-state index in [0.29, 0.717) is 17.4 Å². The van der Waals surface area contributed by atoms with Crippen molar-refractivity contribution in [2.24, 2.45) is 0 Å². The number of rotatable bonds is 2. The second kappa shape index (κ2) is 4.02. The molecular formula is C10H10BrN3O. The van der Waals surface area contributed by atoms with Crippen LogP contribution < -0.4 is 5.73 Å². The Kier molecular flexibility index (Phi) is 2.73. The zero-order valence-corrected chi connectivity index (χ0v) is 9.78. The van der Waals surface area contributed by atoms with E-state index < -0.39 is 0 Å². The Morgan fingerprint density at radius 1 is 1.40 bits per heavy atom. The summed E-state index contributed by atoms with van der Waals surface area (Å²) in [6.45, 7) is 1.98. The molecular weight excluding hydrogens is 258 g/mol. The third-order valence-electron chi connectivity index (χ3n) is 1.95. The van der Waals surface area contributed by atoms with Gasteiger partial charge in [0.05, 0.1) is 0 Å². The molecule has 0 atom stereocenters. The zero-order valence-electron chi connectivity index (χ0n) is 8.20. The number of anilines is 1. The minimum atomic E-state index is 0.500. The lowest BCUT2D eigenvalue weighted by Crippen LogP contribution is -1.87. The highest BCUT2D eigenvalue weighted by Gasteiger charge is 2.08. The molecule has 2 N–H and O–H groups in total. The number of benzene rings is 1. The minimum absolute atomic E-state index is 0.500. The van der Waals surface area contributed by atoms with E-state index in [0.717, 1.165) is 16.5 Å². The highest BCUT2D eigenvalue weighted by molar-refractivity contribution is 9.10. The van der Waals surface area contributed by atoms with Gasteiger partial charge in [0, 0.05) is 22.1 Å². The van der Waals surface area contributed by atoms with Crippen molar-refractivity contribution in [2.75, 3.05) is 5.73 Å². The number of aryl methyl sites for hydroxylation is 1. The van der Waals surface area contributed by atoms with Crippen molar-refractivity contribution in [3.8, 4) is 11.5 Å². The molecule has 1 aromatic heterocycles. The second-order valence-corrected chi connectivity index (χ2v) is 4.06. The van der Waals surface area contributed by atoms with E-state index in [1.54, 1.807) is 6.07 Å². The molecule has 5 heteroatoms. The Balaban J connectivity index is 2.44. The molecule has 2 aromatic rings. The lowest BCUT2D eigenvalue weighted by atomic mass is 10.2. The van der Waals surface area contributed by atoms with E-state index in [4.69, 9.17) is 10.3 Å². The van der Waals surface area contributed by atoms with Crippen molar-refractivity contribution < 1.29 is 4.52 Å². The van der Waals surface area contributed by atoms with Crippen LogP contribution in [-0.2, 0) is 6.42 Å². The third kappa shape index (κ3) is 2.18. The molecule has 15 heavy (non-hydrogen) atoms. The maximum atomic E-state index is 5.72. The molecule has 0 aliphatic rings. The van der Waals surface area contributed by atoms with Gasteiger partial charge in [0.1, 0.15) is 0 Å².